The Kier molecular flexibility index (Phi) is 4.45. The summed E-state index contributed by atoms with van der Waals surface area (Å²) < 4.78 is 5.31. The quantitative estimate of drug-likeness (QED) is 0.848. The van der Waals surface area contributed by atoms with E-state index in [-0.39, 0.29) is 5.54 Å². The van der Waals surface area contributed by atoms with Gasteiger partial charge in [0.2, 0.25) is 0 Å². The first-order valence-corrected chi connectivity index (χ1v) is 7.09. The molecule has 2 aromatic rings. The summed E-state index contributed by atoms with van der Waals surface area (Å²) in [4.78, 5) is 4.49. The fraction of sp³-hybridized carbons (Fsp3) is 0.438. The third kappa shape index (κ3) is 2.70. The van der Waals surface area contributed by atoms with Gasteiger partial charge in [0.25, 0.3) is 0 Å². The van der Waals surface area contributed by atoms with Crippen molar-refractivity contribution in [2.24, 2.45) is 5.73 Å². The molecule has 0 saturated carbocycles. The maximum absolute atomic E-state index is 5.96. The molecule has 0 saturated heterocycles. The lowest BCUT2D eigenvalue weighted by Crippen LogP contribution is -2.44. The summed E-state index contributed by atoms with van der Waals surface area (Å²) >= 11 is 0. The second-order valence-corrected chi connectivity index (χ2v) is 5.06. The maximum Gasteiger partial charge on any atom is 0.134 e. The number of ether oxygens (including phenoxy) is 1. The van der Waals surface area contributed by atoms with Crippen molar-refractivity contribution in [3.63, 3.8) is 0 Å². The van der Waals surface area contributed by atoms with Gasteiger partial charge >= 0.3 is 0 Å². The van der Waals surface area contributed by atoms with Crippen LogP contribution in [0.1, 0.15) is 26.7 Å². The molecule has 4 nitrogen and oxygen atoms in total. The van der Waals surface area contributed by atoms with E-state index >= 15 is 0 Å². The van der Waals surface area contributed by atoms with Crippen molar-refractivity contribution >= 4 is 16.6 Å². The zero-order valence-electron chi connectivity index (χ0n) is 12.4. The number of hydrogen-bond donors (Lipinski definition) is 2. The highest BCUT2D eigenvalue weighted by Crippen LogP contribution is 2.29. The van der Waals surface area contributed by atoms with Crippen molar-refractivity contribution in [1.82, 2.24) is 4.98 Å². The summed E-state index contributed by atoms with van der Waals surface area (Å²) in [6.07, 6.45) is 3.74. The Labute approximate surface area is 120 Å². The van der Waals surface area contributed by atoms with E-state index in [1.54, 1.807) is 7.11 Å². The fourth-order valence-corrected chi connectivity index (χ4v) is 2.39. The number of hydrogen-bond acceptors (Lipinski definition) is 4. The lowest BCUT2D eigenvalue weighted by molar-refractivity contribution is 0.415. The summed E-state index contributed by atoms with van der Waals surface area (Å²) in [7, 11) is 1.67. The van der Waals surface area contributed by atoms with Crippen LogP contribution in [0.25, 0.3) is 10.8 Å². The predicted octanol–water partition coefficient (Wildman–Crippen LogP) is 3.17. The molecular formula is C16H23N3O. The van der Waals surface area contributed by atoms with E-state index in [0.717, 1.165) is 35.2 Å². The molecule has 0 aliphatic carbocycles. The molecule has 2 rings (SSSR count). The highest BCUT2D eigenvalue weighted by Gasteiger charge is 2.25. The molecule has 0 fully saturated rings. The van der Waals surface area contributed by atoms with Crippen molar-refractivity contribution in [2.75, 3.05) is 19.0 Å². The first kappa shape index (κ1) is 14.6. The molecule has 1 heterocycles. The summed E-state index contributed by atoms with van der Waals surface area (Å²) in [5.74, 6) is 1.70. The van der Waals surface area contributed by atoms with Gasteiger partial charge in [0.05, 0.1) is 12.6 Å². The van der Waals surface area contributed by atoms with E-state index in [1.165, 1.54) is 0 Å². The first-order chi connectivity index (χ1) is 9.68. The number of benzene rings is 1. The number of nitrogens with zero attached hydrogens (tertiary/aromatic N) is 1. The zero-order valence-corrected chi connectivity index (χ0v) is 12.4. The highest BCUT2D eigenvalue weighted by molar-refractivity contribution is 5.93. The summed E-state index contributed by atoms with van der Waals surface area (Å²) in [5, 5.41) is 5.75. The lowest BCUT2D eigenvalue weighted by atomic mass is 9.92. The first-order valence-electron chi connectivity index (χ1n) is 7.09. The molecule has 108 valence electrons. The van der Waals surface area contributed by atoms with Gasteiger partial charge < -0.3 is 15.8 Å². The van der Waals surface area contributed by atoms with Crippen LogP contribution in [0.3, 0.4) is 0 Å². The molecule has 1 aromatic heterocycles. The molecule has 0 aliphatic heterocycles. The van der Waals surface area contributed by atoms with Gasteiger partial charge in [0, 0.05) is 18.1 Å². The number of rotatable bonds is 6. The molecule has 20 heavy (non-hydrogen) atoms. The van der Waals surface area contributed by atoms with Crippen LogP contribution < -0.4 is 15.8 Å². The summed E-state index contributed by atoms with van der Waals surface area (Å²) in [6, 6.07) is 8.02. The Bertz CT molecular complexity index is 571. The summed E-state index contributed by atoms with van der Waals surface area (Å²) in [6.45, 7) is 4.88. The standard InChI is InChI=1S/C16H23N3O/c1-4-16(5-2,11-17)19-15-14-10-13(20-3)7-6-12(14)8-9-18-15/h6-10H,4-5,11,17H2,1-3H3,(H,18,19). The molecule has 0 radical (unpaired) electrons. The van der Waals surface area contributed by atoms with E-state index in [9.17, 15) is 0 Å². The molecular weight excluding hydrogens is 250 g/mol. The van der Waals surface area contributed by atoms with Crippen molar-refractivity contribution < 1.29 is 4.74 Å². The molecule has 0 amide bonds. The largest absolute Gasteiger partial charge is 0.497 e. The van der Waals surface area contributed by atoms with Crippen molar-refractivity contribution in [1.29, 1.82) is 0 Å². The number of fused-ring (bicyclic) bond motifs is 1. The second kappa shape index (κ2) is 6.09. The second-order valence-electron chi connectivity index (χ2n) is 5.06. The van der Waals surface area contributed by atoms with Gasteiger partial charge in [-0.25, -0.2) is 4.98 Å². The smallest absolute Gasteiger partial charge is 0.134 e. The monoisotopic (exact) mass is 273 g/mol. The topological polar surface area (TPSA) is 60.2 Å². The van der Waals surface area contributed by atoms with Gasteiger partial charge in [-0.3, -0.25) is 0 Å². The predicted molar refractivity (Wildman–Crippen MR) is 84.3 cm³/mol. The Hall–Kier alpha value is -1.81. The molecule has 0 spiro atoms. The van der Waals surface area contributed by atoms with Crippen molar-refractivity contribution in [3.05, 3.63) is 30.5 Å². The zero-order chi connectivity index (χ0) is 14.6. The molecule has 0 aliphatic rings. The van der Waals surface area contributed by atoms with Gasteiger partial charge in [-0.2, -0.15) is 0 Å². The Morgan fingerprint density at radius 3 is 2.60 bits per heavy atom. The van der Waals surface area contributed by atoms with Crippen LogP contribution >= 0.6 is 0 Å². The van der Waals surface area contributed by atoms with Gasteiger partial charge in [-0.05, 0) is 36.4 Å². The van der Waals surface area contributed by atoms with Crippen LogP contribution in [-0.4, -0.2) is 24.2 Å². The molecule has 4 heteroatoms. The fourth-order valence-electron chi connectivity index (χ4n) is 2.39. The Morgan fingerprint density at radius 1 is 1.25 bits per heavy atom. The van der Waals surface area contributed by atoms with E-state index in [4.69, 9.17) is 10.5 Å². The van der Waals surface area contributed by atoms with Crippen LogP contribution in [0.15, 0.2) is 30.5 Å². The van der Waals surface area contributed by atoms with Crippen molar-refractivity contribution in [2.45, 2.75) is 32.2 Å². The van der Waals surface area contributed by atoms with Crippen LogP contribution in [-0.2, 0) is 0 Å². The normalized spacial score (nSPS) is 11.6. The van der Waals surface area contributed by atoms with Crippen LogP contribution in [0.4, 0.5) is 5.82 Å². The van der Waals surface area contributed by atoms with Gasteiger partial charge in [-0.1, -0.05) is 19.9 Å². The maximum atomic E-state index is 5.96. The van der Waals surface area contributed by atoms with Crippen LogP contribution in [0.5, 0.6) is 5.75 Å². The molecule has 0 unspecified atom stereocenters. The van der Waals surface area contributed by atoms with E-state index < -0.39 is 0 Å². The minimum Gasteiger partial charge on any atom is -0.497 e. The lowest BCUT2D eigenvalue weighted by Gasteiger charge is -2.32. The minimum atomic E-state index is -0.107. The van der Waals surface area contributed by atoms with E-state index in [2.05, 4.69) is 24.1 Å². The Balaban J connectivity index is 2.48. The molecule has 0 atom stereocenters. The minimum absolute atomic E-state index is 0.107. The SMILES string of the molecule is CCC(CC)(CN)Nc1nccc2ccc(OC)cc12. The number of aromatic nitrogens is 1. The number of nitrogens with two attached hydrogens (primary N) is 1. The number of pyridine rings is 1. The van der Waals surface area contributed by atoms with Crippen molar-refractivity contribution in [3.8, 4) is 5.75 Å². The summed E-state index contributed by atoms with van der Waals surface area (Å²) in [5.41, 5.74) is 5.86. The molecule has 0 bridgehead atoms. The average Bonchev–Trinajstić information content (AvgIpc) is 2.52. The number of methoxy groups -OCH3 is 1. The third-order valence-electron chi connectivity index (χ3n) is 4.10. The third-order valence-corrected chi connectivity index (χ3v) is 4.10. The Morgan fingerprint density at radius 2 is 2.00 bits per heavy atom. The molecule has 1 aromatic carbocycles. The number of anilines is 1. The van der Waals surface area contributed by atoms with Gasteiger partial charge in [0.15, 0.2) is 0 Å². The van der Waals surface area contributed by atoms with Gasteiger partial charge in [0.1, 0.15) is 11.6 Å². The van der Waals surface area contributed by atoms with E-state index in [1.807, 2.05) is 30.5 Å². The van der Waals surface area contributed by atoms with Gasteiger partial charge in [-0.15, -0.1) is 0 Å². The van der Waals surface area contributed by atoms with Crippen LogP contribution in [0.2, 0.25) is 0 Å². The highest BCUT2D eigenvalue weighted by atomic mass is 16.5. The van der Waals surface area contributed by atoms with E-state index in [0.29, 0.717) is 6.54 Å². The van der Waals surface area contributed by atoms with Crippen LogP contribution in [0, 0.1) is 0 Å². The molecule has 3 N–H and O–H groups in total. The number of nitrogens with one attached hydrogen (secondary N) is 1. The average molecular weight is 273 g/mol.